The molecule has 0 aliphatic heterocycles. The number of Topliss-reactive ketones (excluding diaryl/α,β-unsaturated/α-hetero) is 3. The van der Waals surface area contributed by atoms with E-state index in [9.17, 15) is 45.0 Å². The standard InChI is InChI=1S/C57H104O9/c1-4-7-10-31-40-50(59)43-34-25-19-13-16-22-28-37-46-53(62)56(65,49-58)57(66,54(63)47-38-29-23-17-14-20-26-35-44-51(60)41-32-11-8-5-2)55(64)48-39-30-24-18-15-21-27-36-45-52(61)42-33-12-9-6-3/h25-27,34-36,50-52,58-61,65-66H,4-24,28-33,37-49H2,1-3H3/b34-25-,35-26-,36-27-/t50-,51-,52-,56?/m1/s1. The van der Waals surface area contributed by atoms with Gasteiger partial charge in [0.25, 0.3) is 0 Å². The van der Waals surface area contributed by atoms with Crippen molar-refractivity contribution in [3.05, 3.63) is 36.5 Å². The minimum absolute atomic E-state index is 0.158. The van der Waals surface area contributed by atoms with E-state index in [2.05, 4.69) is 57.2 Å². The molecule has 0 saturated carbocycles. The van der Waals surface area contributed by atoms with Crippen LogP contribution in [0.4, 0.5) is 0 Å². The van der Waals surface area contributed by atoms with Gasteiger partial charge in [-0.05, 0) is 96.3 Å². The Balaban J connectivity index is 5.10. The first-order valence-electron chi connectivity index (χ1n) is 27.6. The molecule has 0 fully saturated rings. The summed E-state index contributed by atoms with van der Waals surface area (Å²) in [5.41, 5.74) is -5.91. The molecule has 0 rings (SSSR count). The number of carbonyl (C=O) groups excluding carboxylic acids is 3. The molecule has 0 aliphatic rings. The van der Waals surface area contributed by atoms with Crippen LogP contribution in [0.3, 0.4) is 0 Å². The predicted octanol–water partition coefficient (Wildman–Crippen LogP) is 13.2. The Labute approximate surface area is 404 Å². The Morgan fingerprint density at radius 2 is 0.652 bits per heavy atom. The molecule has 0 saturated heterocycles. The zero-order valence-electron chi connectivity index (χ0n) is 42.9. The van der Waals surface area contributed by atoms with Gasteiger partial charge in [-0.2, -0.15) is 0 Å². The van der Waals surface area contributed by atoms with E-state index in [-0.39, 0.29) is 37.6 Å². The molecule has 6 N–H and O–H groups in total. The normalized spacial score (nSPS) is 14.7. The molecule has 4 atom stereocenters. The second-order valence-electron chi connectivity index (χ2n) is 19.5. The van der Waals surface area contributed by atoms with Gasteiger partial charge in [-0.3, -0.25) is 14.4 Å². The summed E-state index contributed by atoms with van der Waals surface area (Å²) in [5.74, 6) is -2.67. The van der Waals surface area contributed by atoms with E-state index in [0.717, 1.165) is 116 Å². The fraction of sp³-hybridized carbons (Fsp3) is 0.842. The molecule has 0 spiro atoms. The van der Waals surface area contributed by atoms with Crippen molar-refractivity contribution in [2.24, 2.45) is 0 Å². The molecule has 9 nitrogen and oxygen atoms in total. The van der Waals surface area contributed by atoms with Gasteiger partial charge in [-0.25, -0.2) is 0 Å². The van der Waals surface area contributed by atoms with Gasteiger partial charge in [-0.1, -0.05) is 192 Å². The smallest absolute Gasteiger partial charge is 0.219 e. The second kappa shape index (κ2) is 44.2. The molecular weight excluding hydrogens is 829 g/mol. The maximum Gasteiger partial charge on any atom is 0.219 e. The maximum atomic E-state index is 13.8. The van der Waals surface area contributed by atoms with Crippen molar-refractivity contribution < 1.29 is 45.0 Å². The second-order valence-corrected chi connectivity index (χ2v) is 19.5. The number of aliphatic hydroxyl groups is 6. The third kappa shape index (κ3) is 31.9. The van der Waals surface area contributed by atoms with Gasteiger partial charge in [0.15, 0.2) is 23.0 Å². The van der Waals surface area contributed by atoms with Gasteiger partial charge in [0.1, 0.15) is 0 Å². The highest BCUT2D eigenvalue weighted by molar-refractivity contribution is 6.16. The van der Waals surface area contributed by atoms with E-state index in [4.69, 9.17) is 0 Å². The molecule has 0 heterocycles. The molecule has 0 aromatic carbocycles. The van der Waals surface area contributed by atoms with Crippen LogP contribution >= 0.6 is 0 Å². The van der Waals surface area contributed by atoms with Crippen molar-refractivity contribution in [3.8, 4) is 0 Å². The largest absolute Gasteiger partial charge is 0.393 e. The Morgan fingerprint density at radius 3 is 0.955 bits per heavy atom. The highest BCUT2D eigenvalue weighted by atomic mass is 16.4. The van der Waals surface area contributed by atoms with Gasteiger partial charge in [-0.15, -0.1) is 0 Å². The number of rotatable bonds is 50. The summed E-state index contributed by atoms with van der Waals surface area (Å²) in [6.45, 7) is 5.32. The van der Waals surface area contributed by atoms with E-state index < -0.39 is 35.2 Å². The van der Waals surface area contributed by atoms with Gasteiger partial charge in [0, 0.05) is 19.3 Å². The monoisotopic (exact) mass is 933 g/mol. The number of hydrogen-bond donors (Lipinski definition) is 6. The van der Waals surface area contributed by atoms with Crippen LogP contribution < -0.4 is 0 Å². The molecule has 0 radical (unpaired) electrons. The summed E-state index contributed by atoms with van der Waals surface area (Å²) in [6.07, 6.45) is 43.9. The van der Waals surface area contributed by atoms with Gasteiger partial charge in [0.05, 0.1) is 24.9 Å². The van der Waals surface area contributed by atoms with Gasteiger partial charge in [0.2, 0.25) is 5.60 Å². The molecule has 0 aromatic heterocycles. The van der Waals surface area contributed by atoms with Crippen LogP contribution in [0.5, 0.6) is 0 Å². The van der Waals surface area contributed by atoms with Crippen molar-refractivity contribution >= 4 is 17.3 Å². The summed E-state index contributed by atoms with van der Waals surface area (Å²) >= 11 is 0. The molecule has 0 aromatic rings. The lowest BCUT2D eigenvalue weighted by molar-refractivity contribution is -0.194. The molecule has 66 heavy (non-hydrogen) atoms. The Hall–Kier alpha value is -2.01. The van der Waals surface area contributed by atoms with Crippen LogP contribution in [-0.2, 0) is 14.4 Å². The molecule has 0 amide bonds. The third-order valence-electron chi connectivity index (χ3n) is 13.3. The summed E-state index contributed by atoms with van der Waals surface area (Å²) in [6, 6.07) is 0. The first kappa shape index (κ1) is 64.0. The third-order valence-corrected chi connectivity index (χ3v) is 13.3. The number of allylic oxidation sites excluding steroid dienone is 3. The quantitative estimate of drug-likeness (QED) is 0.0197. The van der Waals surface area contributed by atoms with Crippen LogP contribution in [0.2, 0.25) is 0 Å². The van der Waals surface area contributed by atoms with E-state index in [1.54, 1.807) is 0 Å². The highest BCUT2D eigenvalue weighted by Gasteiger charge is 2.62. The number of unbranched alkanes of at least 4 members (excludes halogenated alkanes) is 24. The van der Waals surface area contributed by atoms with Crippen molar-refractivity contribution in [3.63, 3.8) is 0 Å². The molecule has 9 heteroatoms. The van der Waals surface area contributed by atoms with E-state index in [1.165, 1.54) is 57.8 Å². The number of aliphatic hydroxyl groups excluding tert-OH is 4. The van der Waals surface area contributed by atoms with E-state index in [1.807, 2.05) is 0 Å². The summed E-state index contributed by atoms with van der Waals surface area (Å²) < 4.78 is 0. The highest BCUT2D eigenvalue weighted by Crippen LogP contribution is 2.32. The predicted molar refractivity (Wildman–Crippen MR) is 275 cm³/mol. The fourth-order valence-corrected chi connectivity index (χ4v) is 8.71. The van der Waals surface area contributed by atoms with E-state index >= 15 is 0 Å². The average molecular weight is 933 g/mol. The number of carbonyl (C=O) groups is 3. The summed E-state index contributed by atoms with van der Waals surface area (Å²) in [5, 5.41) is 64.6. The first-order chi connectivity index (χ1) is 31.9. The fourth-order valence-electron chi connectivity index (χ4n) is 8.71. The van der Waals surface area contributed by atoms with Crippen LogP contribution in [0.25, 0.3) is 0 Å². The van der Waals surface area contributed by atoms with Crippen LogP contribution in [0, 0.1) is 0 Å². The Morgan fingerprint density at radius 1 is 0.379 bits per heavy atom. The molecular formula is C57H104O9. The molecule has 0 bridgehead atoms. The van der Waals surface area contributed by atoms with Gasteiger partial charge < -0.3 is 30.6 Å². The number of hydrogen-bond acceptors (Lipinski definition) is 9. The molecule has 386 valence electrons. The van der Waals surface area contributed by atoms with E-state index in [0.29, 0.717) is 57.8 Å². The minimum atomic E-state index is -3.01. The van der Waals surface area contributed by atoms with Crippen LogP contribution in [0.1, 0.15) is 271 Å². The average Bonchev–Trinajstić information content (AvgIpc) is 3.31. The van der Waals surface area contributed by atoms with Crippen LogP contribution in [0.15, 0.2) is 36.5 Å². The lowest BCUT2D eigenvalue weighted by Crippen LogP contribution is -2.69. The van der Waals surface area contributed by atoms with Crippen molar-refractivity contribution in [1.29, 1.82) is 0 Å². The topological polar surface area (TPSA) is 173 Å². The number of ketones is 3. The summed E-state index contributed by atoms with van der Waals surface area (Å²) in [7, 11) is 0. The van der Waals surface area contributed by atoms with Crippen LogP contribution in [-0.4, -0.2) is 84.1 Å². The SMILES string of the molecule is CCCCCC[C@@H](O)C/C=C\CCCCCCCC(=O)C(O)(CO)C(O)(C(=O)CCCCCCC/C=C\C[C@H](O)CCCCCC)C(=O)CCCCCCC/C=C\C[C@H](O)CCCCCC. The maximum absolute atomic E-state index is 13.8. The van der Waals surface area contributed by atoms with Crippen molar-refractivity contribution in [2.75, 3.05) is 6.61 Å². The molecule has 0 aliphatic carbocycles. The zero-order chi connectivity index (χ0) is 49.0. The van der Waals surface area contributed by atoms with Crippen molar-refractivity contribution in [2.45, 2.75) is 301 Å². The minimum Gasteiger partial charge on any atom is -0.393 e. The Kier molecular flexibility index (Phi) is 42.9. The zero-order valence-corrected chi connectivity index (χ0v) is 42.9. The molecule has 1 unspecified atom stereocenters. The lowest BCUT2D eigenvalue weighted by Gasteiger charge is -2.39. The van der Waals surface area contributed by atoms with Crippen molar-refractivity contribution in [1.82, 2.24) is 0 Å². The first-order valence-corrected chi connectivity index (χ1v) is 27.6. The Bertz CT molecular complexity index is 1190. The lowest BCUT2D eigenvalue weighted by atomic mass is 9.71. The van der Waals surface area contributed by atoms with Gasteiger partial charge >= 0.3 is 0 Å². The summed E-state index contributed by atoms with van der Waals surface area (Å²) in [4.78, 5) is 41.3.